The number of hydrogen-bond donors (Lipinski definition) is 0. The number of benzene rings is 2. The Bertz CT molecular complexity index is 668. The van der Waals surface area contributed by atoms with Crippen LogP contribution >= 0.6 is 0 Å². The summed E-state index contributed by atoms with van der Waals surface area (Å²) in [5, 5.41) is 1.26. The number of hydrogen-bond acceptors (Lipinski definition) is 1. The lowest BCUT2D eigenvalue weighted by Gasteiger charge is -2.22. The summed E-state index contributed by atoms with van der Waals surface area (Å²) in [5.74, 6) is 0.453. The van der Waals surface area contributed by atoms with Gasteiger partial charge in [0.2, 0.25) is 0 Å². The average molecular weight is 323 g/mol. The number of Topliss-reactive ketones (excluding diaryl/α,β-unsaturated/α-hetero) is 1. The zero-order valence-electron chi connectivity index (χ0n) is 14.4. The van der Waals surface area contributed by atoms with Gasteiger partial charge in [0.25, 0.3) is 0 Å². The predicted molar refractivity (Wildman–Crippen MR) is 102 cm³/mol. The summed E-state index contributed by atoms with van der Waals surface area (Å²) in [5.41, 5.74) is 2.13. The first-order valence-corrected chi connectivity index (χ1v) is 11.7. The molecule has 2 aromatic carbocycles. The molecule has 120 valence electrons. The Morgan fingerprint density at radius 3 is 2.26 bits per heavy atom. The quantitative estimate of drug-likeness (QED) is 0.391. The molecule has 2 heteroatoms. The second kappa shape index (κ2) is 7.56. The standard InChI is InChI=1S/C21H26OSi/c1-5-11-18(17-12-7-6-8-13-17)16-20(22)19-14-9-10-15-21(19)23(2,3)4/h5-10,12-15,18H,1,11,16H2,2-4H3. The summed E-state index contributed by atoms with van der Waals surface area (Å²) in [6, 6.07) is 18.4. The van der Waals surface area contributed by atoms with Crippen LogP contribution in [0, 0.1) is 0 Å². The Morgan fingerprint density at radius 2 is 1.65 bits per heavy atom. The summed E-state index contributed by atoms with van der Waals surface area (Å²) >= 11 is 0. The van der Waals surface area contributed by atoms with Crippen molar-refractivity contribution < 1.29 is 4.79 Å². The van der Waals surface area contributed by atoms with Gasteiger partial charge < -0.3 is 0 Å². The van der Waals surface area contributed by atoms with Crippen LogP contribution in [0.2, 0.25) is 19.6 Å². The van der Waals surface area contributed by atoms with E-state index >= 15 is 0 Å². The third-order valence-corrected chi connectivity index (χ3v) is 6.24. The van der Waals surface area contributed by atoms with Crippen LogP contribution in [0.5, 0.6) is 0 Å². The summed E-state index contributed by atoms with van der Waals surface area (Å²) in [7, 11) is -1.53. The third kappa shape index (κ3) is 4.52. The van der Waals surface area contributed by atoms with E-state index in [9.17, 15) is 4.79 Å². The van der Waals surface area contributed by atoms with Gasteiger partial charge in [-0.05, 0) is 23.1 Å². The van der Waals surface area contributed by atoms with E-state index in [0.717, 1.165) is 12.0 Å². The second-order valence-electron chi connectivity index (χ2n) is 7.05. The SMILES string of the molecule is C=CCC(CC(=O)c1ccccc1[Si](C)(C)C)c1ccccc1. The lowest BCUT2D eigenvalue weighted by molar-refractivity contribution is 0.0975. The van der Waals surface area contributed by atoms with Crippen LogP contribution in [0.15, 0.2) is 67.3 Å². The van der Waals surface area contributed by atoms with Crippen molar-refractivity contribution >= 4 is 19.0 Å². The van der Waals surface area contributed by atoms with Crippen molar-refractivity contribution in [1.82, 2.24) is 0 Å². The normalized spacial score (nSPS) is 12.7. The first-order valence-electron chi connectivity index (χ1n) is 8.22. The van der Waals surface area contributed by atoms with E-state index in [2.05, 4.69) is 44.4 Å². The van der Waals surface area contributed by atoms with Gasteiger partial charge in [0, 0.05) is 12.0 Å². The van der Waals surface area contributed by atoms with Gasteiger partial charge in [-0.25, -0.2) is 0 Å². The van der Waals surface area contributed by atoms with E-state index in [-0.39, 0.29) is 11.7 Å². The van der Waals surface area contributed by atoms with Crippen LogP contribution in [-0.2, 0) is 0 Å². The number of carbonyl (C=O) groups is 1. The van der Waals surface area contributed by atoms with Crippen molar-refractivity contribution in [3.8, 4) is 0 Å². The van der Waals surface area contributed by atoms with Gasteiger partial charge >= 0.3 is 0 Å². The first kappa shape index (κ1) is 17.4. The maximum absolute atomic E-state index is 13.0. The summed E-state index contributed by atoms with van der Waals surface area (Å²) < 4.78 is 0. The monoisotopic (exact) mass is 322 g/mol. The zero-order valence-corrected chi connectivity index (χ0v) is 15.4. The zero-order chi connectivity index (χ0) is 16.9. The van der Waals surface area contributed by atoms with E-state index < -0.39 is 8.07 Å². The molecule has 0 aliphatic carbocycles. The van der Waals surface area contributed by atoms with Gasteiger partial charge in [-0.15, -0.1) is 6.58 Å². The molecule has 0 fully saturated rings. The van der Waals surface area contributed by atoms with Gasteiger partial charge in [-0.1, -0.05) is 80.3 Å². The van der Waals surface area contributed by atoms with Gasteiger partial charge in [-0.2, -0.15) is 0 Å². The van der Waals surface area contributed by atoms with E-state index in [0.29, 0.717) is 6.42 Å². The number of allylic oxidation sites excluding steroid dienone is 1. The summed E-state index contributed by atoms with van der Waals surface area (Å²) in [6.45, 7) is 10.7. The highest BCUT2D eigenvalue weighted by Crippen LogP contribution is 2.25. The van der Waals surface area contributed by atoms with Crippen molar-refractivity contribution in [2.24, 2.45) is 0 Å². The van der Waals surface area contributed by atoms with Crippen LogP contribution in [0.3, 0.4) is 0 Å². The van der Waals surface area contributed by atoms with Crippen molar-refractivity contribution in [3.05, 3.63) is 78.4 Å². The Labute approximate surface area is 141 Å². The summed E-state index contributed by atoms with van der Waals surface area (Å²) in [6.07, 6.45) is 3.28. The molecule has 1 atom stereocenters. The second-order valence-corrected chi connectivity index (χ2v) is 12.1. The number of carbonyl (C=O) groups excluding carboxylic acids is 1. The van der Waals surface area contributed by atoms with Gasteiger partial charge in [0.1, 0.15) is 0 Å². The molecule has 0 aliphatic rings. The lowest BCUT2D eigenvalue weighted by atomic mass is 9.89. The molecule has 0 saturated heterocycles. The molecule has 1 unspecified atom stereocenters. The Kier molecular flexibility index (Phi) is 5.73. The molecule has 0 heterocycles. The molecule has 0 spiro atoms. The van der Waals surface area contributed by atoms with Crippen LogP contribution in [0.4, 0.5) is 0 Å². The minimum absolute atomic E-state index is 0.205. The molecule has 0 aliphatic heterocycles. The highest BCUT2D eigenvalue weighted by Gasteiger charge is 2.24. The highest BCUT2D eigenvalue weighted by atomic mass is 28.3. The molecule has 0 N–H and O–H groups in total. The van der Waals surface area contributed by atoms with Crippen LogP contribution in [0.1, 0.15) is 34.7 Å². The fourth-order valence-electron chi connectivity index (χ4n) is 2.98. The van der Waals surface area contributed by atoms with E-state index in [1.807, 2.05) is 42.5 Å². The maximum Gasteiger partial charge on any atom is 0.163 e. The molecule has 2 rings (SSSR count). The Hall–Kier alpha value is -1.93. The van der Waals surface area contributed by atoms with Crippen molar-refractivity contribution in [3.63, 3.8) is 0 Å². The highest BCUT2D eigenvalue weighted by molar-refractivity contribution is 6.89. The summed E-state index contributed by atoms with van der Waals surface area (Å²) in [4.78, 5) is 13.0. The van der Waals surface area contributed by atoms with Crippen LogP contribution in [0.25, 0.3) is 0 Å². The average Bonchev–Trinajstić information content (AvgIpc) is 2.54. The Balaban J connectivity index is 2.28. The third-order valence-electron chi connectivity index (χ3n) is 4.19. The van der Waals surface area contributed by atoms with E-state index in [4.69, 9.17) is 0 Å². The van der Waals surface area contributed by atoms with E-state index in [1.165, 1.54) is 10.8 Å². The van der Waals surface area contributed by atoms with Crippen LogP contribution < -0.4 is 5.19 Å². The largest absolute Gasteiger partial charge is 0.294 e. The first-order chi connectivity index (χ1) is 10.9. The molecular formula is C21H26OSi. The molecular weight excluding hydrogens is 296 g/mol. The maximum atomic E-state index is 13.0. The van der Waals surface area contributed by atoms with Crippen molar-refractivity contribution in [2.75, 3.05) is 0 Å². The van der Waals surface area contributed by atoms with Gasteiger partial charge in [0.15, 0.2) is 5.78 Å². The lowest BCUT2D eigenvalue weighted by Crippen LogP contribution is -2.41. The minimum atomic E-state index is -1.53. The predicted octanol–water partition coefficient (Wildman–Crippen LogP) is 5.16. The molecule has 0 aromatic heterocycles. The van der Waals surface area contributed by atoms with E-state index in [1.54, 1.807) is 0 Å². The molecule has 2 aromatic rings. The van der Waals surface area contributed by atoms with Crippen molar-refractivity contribution in [1.29, 1.82) is 0 Å². The number of ketones is 1. The topological polar surface area (TPSA) is 17.1 Å². The van der Waals surface area contributed by atoms with Gasteiger partial charge in [0.05, 0.1) is 8.07 Å². The fraction of sp³-hybridized carbons (Fsp3) is 0.286. The molecule has 0 saturated carbocycles. The Morgan fingerprint density at radius 1 is 1.04 bits per heavy atom. The van der Waals surface area contributed by atoms with Crippen molar-refractivity contribution in [2.45, 2.75) is 38.4 Å². The molecule has 23 heavy (non-hydrogen) atoms. The van der Waals surface area contributed by atoms with Gasteiger partial charge in [-0.3, -0.25) is 4.79 Å². The smallest absolute Gasteiger partial charge is 0.163 e. The van der Waals surface area contributed by atoms with Crippen LogP contribution in [-0.4, -0.2) is 13.9 Å². The number of rotatable bonds is 7. The molecule has 0 radical (unpaired) electrons. The minimum Gasteiger partial charge on any atom is -0.294 e. The molecule has 0 amide bonds. The molecule has 1 nitrogen and oxygen atoms in total. The molecule has 0 bridgehead atoms. The fourth-order valence-corrected chi connectivity index (χ4v) is 4.60.